The summed E-state index contributed by atoms with van der Waals surface area (Å²) in [6.07, 6.45) is 3.52. The Balaban J connectivity index is 1.34. The fraction of sp³-hybridized carbons (Fsp3) is 0.250. The number of pyridine rings is 1. The minimum atomic E-state index is -0.617. The number of hydrogen-bond donors (Lipinski definition) is 1. The molecule has 2 heterocycles. The Hall–Kier alpha value is -3.48. The normalized spacial score (nSPS) is 14.4. The zero-order valence-corrected chi connectivity index (χ0v) is 17.3. The molecule has 3 aromatic rings. The molecule has 0 aliphatic carbocycles. The highest BCUT2D eigenvalue weighted by molar-refractivity contribution is 5.89. The molecule has 1 aliphatic heterocycles. The van der Waals surface area contributed by atoms with Gasteiger partial charge in [-0.15, -0.1) is 0 Å². The van der Waals surface area contributed by atoms with Gasteiger partial charge in [-0.1, -0.05) is 18.2 Å². The number of urea groups is 1. The quantitative estimate of drug-likeness (QED) is 0.632. The average molecular weight is 422 g/mol. The molecule has 2 amide bonds. The Morgan fingerprint density at radius 2 is 1.81 bits per heavy atom. The van der Waals surface area contributed by atoms with Crippen molar-refractivity contribution in [2.45, 2.75) is 18.9 Å². The SMILES string of the molecule is CN(C(=O)Nc1ccc(-c2ccc(F)cc2F)cc1)C1CCN(c2ccccn2)CC1. The molecule has 5 nitrogen and oxygen atoms in total. The minimum absolute atomic E-state index is 0.146. The second-order valence-corrected chi connectivity index (χ2v) is 7.65. The first-order valence-electron chi connectivity index (χ1n) is 10.3. The predicted molar refractivity (Wildman–Crippen MR) is 118 cm³/mol. The molecule has 1 saturated heterocycles. The molecule has 4 rings (SSSR count). The maximum Gasteiger partial charge on any atom is 0.321 e. The molecule has 1 fully saturated rings. The van der Waals surface area contributed by atoms with E-state index in [4.69, 9.17) is 0 Å². The van der Waals surface area contributed by atoms with E-state index in [0.717, 1.165) is 37.8 Å². The van der Waals surface area contributed by atoms with Crippen molar-refractivity contribution in [2.24, 2.45) is 0 Å². The summed E-state index contributed by atoms with van der Waals surface area (Å²) in [7, 11) is 1.80. The van der Waals surface area contributed by atoms with Gasteiger partial charge < -0.3 is 15.1 Å². The Morgan fingerprint density at radius 3 is 2.45 bits per heavy atom. The van der Waals surface area contributed by atoms with Crippen LogP contribution in [-0.2, 0) is 0 Å². The number of benzene rings is 2. The number of nitrogens with zero attached hydrogens (tertiary/aromatic N) is 3. The van der Waals surface area contributed by atoms with Gasteiger partial charge in [-0.25, -0.2) is 18.6 Å². The van der Waals surface area contributed by atoms with Gasteiger partial charge in [-0.2, -0.15) is 0 Å². The number of halogens is 2. The van der Waals surface area contributed by atoms with Crippen LogP contribution < -0.4 is 10.2 Å². The standard InChI is InChI=1S/C24H24F2N4O/c1-29(20-11-14-30(15-12-20)23-4-2-3-13-27-23)24(31)28-19-8-5-17(6-9-19)21-10-7-18(25)16-22(21)26/h2-10,13,16,20H,11-12,14-15H2,1H3,(H,28,31). The molecule has 7 heteroatoms. The van der Waals surface area contributed by atoms with Crippen LogP contribution in [-0.4, -0.2) is 42.1 Å². The molecule has 1 N–H and O–H groups in total. The lowest BCUT2D eigenvalue weighted by Gasteiger charge is -2.37. The summed E-state index contributed by atoms with van der Waals surface area (Å²) < 4.78 is 27.1. The van der Waals surface area contributed by atoms with Crippen molar-refractivity contribution in [3.05, 3.63) is 78.5 Å². The van der Waals surface area contributed by atoms with Crippen molar-refractivity contribution in [1.29, 1.82) is 0 Å². The summed E-state index contributed by atoms with van der Waals surface area (Å²) in [4.78, 5) is 21.1. The Morgan fingerprint density at radius 1 is 1.06 bits per heavy atom. The molecule has 2 aromatic carbocycles. The van der Waals surface area contributed by atoms with E-state index in [1.165, 1.54) is 12.1 Å². The first-order chi connectivity index (χ1) is 15.0. The van der Waals surface area contributed by atoms with Crippen molar-refractivity contribution in [3.63, 3.8) is 0 Å². The first kappa shape index (κ1) is 20.8. The number of hydrogen-bond acceptors (Lipinski definition) is 3. The van der Waals surface area contributed by atoms with E-state index in [1.807, 2.05) is 18.2 Å². The van der Waals surface area contributed by atoms with Crippen LogP contribution >= 0.6 is 0 Å². The fourth-order valence-electron chi connectivity index (χ4n) is 3.86. The molecule has 0 unspecified atom stereocenters. The van der Waals surface area contributed by atoms with Crippen molar-refractivity contribution in [2.75, 3.05) is 30.4 Å². The molecular weight excluding hydrogens is 398 g/mol. The summed E-state index contributed by atoms with van der Waals surface area (Å²) in [6.45, 7) is 1.69. The van der Waals surface area contributed by atoms with E-state index in [1.54, 1.807) is 42.4 Å². The lowest BCUT2D eigenvalue weighted by Crippen LogP contribution is -2.47. The Kier molecular flexibility index (Phi) is 6.11. The van der Waals surface area contributed by atoms with Crippen molar-refractivity contribution >= 4 is 17.5 Å². The van der Waals surface area contributed by atoms with Crippen molar-refractivity contribution in [3.8, 4) is 11.1 Å². The Labute approximate surface area is 180 Å². The number of aromatic nitrogens is 1. The topological polar surface area (TPSA) is 48.5 Å². The lowest BCUT2D eigenvalue weighted by atomic mass is 10.0. The molecule has 0 spiro atoms. The van der Waals surface area contributed by atoms with E-state index in [9.17, 15) is 13.6 Å². The van der Waals surface area contributed by atoms with E-state index >= 15 is 0 Å². The number of piperidine rings is 1. The van der Waals surface area contributed by atoms with Crippen LogP contribution in [0.3, 0.4) is 0 Å². The predicted octanol–water partition coefficient (Wildman–Crippen LogP) is 5.16. The van der Waals surface area contributed by atoms with Gasteiger partial charge in [-0.3, -0.25) is 0 Å². The molecular formula is C24H24F2N4O. The zero-order valence-electron chi connectivity index (χ0n) is 17.3. The van der Waals surface area contributed by atoms with Gasteiger partial charge in [0.15, 0.2) is 0 Å². The third kappa shape index (κ3) is 4.82. The molecule has 0 atom stereocenters. The molecule has 31 heavy (non-hydrogen) atoms. The van der Waals surface area contributed by atoms with Crippen LogP contribution in [0, 0.1) is 11.6 Å². The number of carbonyl (C=O) groups excluding carboxylic acids is 1. The highest BCUT2D eigenvalue weighted by Gasteiger charge is 2.26. The van der Waals surface area contributed by atoms with Gasteiger partial charge in [0.2, 0.25) is 0 Å². The highest BCUT2D eigenvalue weighted by atomic mass is 19.1. The number of anilines is 2. The minimum Gasteiger partial charge on any atom is -0.356 e. The fourth-order valence-corrected chi connectivity index (χ4v) is 3.86. The van der Waals surface area contributed by atoms with Gasteiger partial charge in [0.1, 0.15) is 17.5 Å². The van der Waals surface area contributed by atoms with Gasteiger partial charge in [0, 0.05) is 49.7 Å². The highest BCUT2D eigenvalue weighted by Crippen LogP contribution is 2.25. The number of nitrogens with one attached hydrogen (secondary N) is 1. The van der Waals surface area contributed by atoms with Gasteiger partial charge in [-0.05, 0) is 54.8 Å². The maximum atomic E-state index is 14.0. The van der Waals surface area contributed by atoms with Gasteiger partial charge in [0.25, 0.3) is 0 Å². The average Bonchev–Trinajstić information content (AvgIpc) is 2.80. The van der Waals surface area contributed by atoms with Crippen LogP contribution in [0.2, 0.25) is 0 Å². The summed E-state index contributed by atoms with van der Waals surface area (Å²) >= 11 is 0. The summed E-state index contributed by atoms with van der Waals surface area (Å²) in [6, 6.07) is 16.2. The molecule has 1 aromatic heterocycles. The first-order valence-corrected chi connectivity index (χ1v) is 10.3. The largest absolute Gasteiger partial charge is 0.356 e. The molecule has 160 valence electrons. The third-order valence-electron chi connectivity index (χ3n) is 5.68. The zero-order chi connectivity index (χ0) is 21.8. The lowest BCUT2D eigenvalue weighted by molar-refractivity contribution is 0.193. The van der Waals surface area contributed by atoms with E-state index < -0.39 is 11.6 Å². The van der Waals surface area contributed by atoms with Crippen LogP contribution in [0.5, 0.6) is 0 Å². The number of amides is 2. The van der Waals surface area contributed by atoms with Crippen LogP contribution in [0.4, 0.5) is 25.1 Å². The van der Waals surface area contributed by atoms with Crippen LogP contribution in [0.15, 0.2) is 66.9 Å². The number of rotatable bonds is 4. The van der Waals surface area contributed by atoms with E-state index in [0.29, 0.717) is 16.8 Å². The maximum absolute atomic E-state index is 14.0. The second kappa shape index (κ2) is 9.12. The summed E-state index contributed by atoms with van der Waals surface area (Å²) in [5.74, 6) is -0.265. The van der Waals surface area contributed by atoms with Crippen LogP contribution in [0.1, 0.15) is 12.8 Å². The third-order valence-corrected chi connectivity index (χ3v) is 5.68. The Bertz CT molecular complexity index is 1040. The van der Waals surface area contributed by atoms with Gasteiger partial charge in [0.05, 0.1) is 0 Å². The van der Waals surface area contributed by atoms with E-state index in [-0.39, 0.29) is 12.1 Å². The smallest absolute Gasteiger partial charge is 0.321 e. The molecule has 1 aliphatic rings. The van der Waals surface area contributed by atoms with E-state index in [2.05, 4.69) is 15.2 Å². The monoisotopic (exact) mass is 422 g/mol. The summed E-state index contributed by atoms with van der Waals surface area (Å²) in [5.41, 5.74) is 1.55. The molecule has 0 radical (unpaired) electrons. The summed E-state index contributed by atoms with van der Waals surface area (Å²) in [5, 5.41) is 2.89. The second-order valence-electron chi connectivity index (χ2n) is 7.65. The van der Waals surface area contributed by atoms with Crippen molar-refractivity contribution in [1.82, 2.24) is 9.88 Å². The molecule has 0 saturated carbocycles. The van der Waals surface area contributed by atoms with Crippen LogP contribution in [0.25, 0.3) is 11.1 Å². The van der Waals surface area contributed by atoms with Gasteiger partial charge >= 0.3 is 6.03 Å². The number of carbonyl (C=O) groups is 1. The molecule has 0 bridgehead atoms. The van der Waals surface area contributed by atoms with Crippen molar-refractivity contribution < 1.29 is 13.6 Å².